The molecule has 0 saturated heterocycles. The topological polar surface area (TPSA) is 80.0 Å². The van der Waals surface area contributed by atoms with E-state index in [1.807, 2.05) is 29.9 Å². The van der Waals surface area contributed by atoms with Gasteiger partial charge in [-0.1, -0.05) is 0 Å². The summed E-state index contributed by atoms with van der Waals surface area (Å²) in [6.45, 7) is 0.157. The van der Waals surface area contributed by atoms with E-state index in [0.717, 1.165) is 22.9 Å². The van der Waals surface area contributed by atoms with Gasteiger partial charge in [0.1, 0.15) is 17.1 Å². The first-order valence-electron chi connectivity index (χ1n) is 6.45. The standard InChI is InChI=1S/C14H14N4O2S/c1-18-6-2-3-12(18)13(19)8-15-14(20)9-4-5-10-11(7-9)17-21-16-10/h2-7,13,19H,8H2,1H3,(H,15,20)/t13-/m1/s1. The summed E-state index contributed by atoms with van der Waals surface area (Å²) >= 11 is 1.12. The Hall–Kier alpha value is -2.25. The van der Waals surface area contributed by atoms with E-state index >= 15 is 0 Å². The Morgan fingerprint density at radius 3 is 2.95 bits per heavy atom. The van der Waals surface area contributed by atoms with E-state index < -0.39 is 6.10 Å². The molecule has 0 aliphatic rings. The fourth-order valence-electron chi connectivity index (χ4n) is 2.14. The van der Waals surface area contributed by atoms with Crippen LogP contribution < -0.4 is 5.32 Å². The van der Waals surface area contributed by atoms with E-state index in [1.165, 1.54) is 0 Å². The lowest BCUT2D eigenvalue weighted by Gasteiger charge is -2.13. The second-order valence-electron chi connectivity index (χ2n) is 4.74. The number of benzene rings is 1. The highest BCUT2D eigenvalue weighted by molar-refractivity contribution is 7.00. The maximum Gasteiger partial charge on any atom is 0.251 e. The molecular weight excluding hydrogens is 288 g/mol. The Morgan fingerprint density at radius 2 is 2.19 bits per heavy atom. The minimum atomic E-state index is -0.737. The van der Waals surface area contributed by atoms with Crippen molar-refractivity contribution in [1.29, 1.82) is 0 Å². The van der Waals surface area contributed by atoms with Crippen LogP contribution in [0.2, 0.25) is 0 Å². The number of fused-ring (bicyclic) bond motifs is 1. The molecule has 1 aromatic carbocycles. The van der Waals surface area contributed by atoms with E-state index in [0.29, 0.717) is 11.1 Å². The molecule has 21 heavy (non-hydrogen) atoms. The molecule has 1 amide bonds. The van der Waals surface area contributed by atoms with Gasteiger partial charge in [-0.05, 0) is 30.3 Å². The Kier molecular flexibility index (Phi) is 3.68. The maximum absolute atomic E-state index is 12.1. The van der Waals surface area contributed by atoms with E-state index in [-0.39, 0.29) is 12.5 Å². The minimum Gasteiger partial charge on any atom is -0.385 e. The Morgan fingerprint density at radius 1 is 1.38 bits per heavy atom. The zero-order valence-corrected chi connectivity index (χ0v) is 12.2. The summed E-state index contributed by atoms with van der Waals surface area (Å²) in [4.78, 5) is 12.1. The van der Waals surface area contributed by atoms with Gasteiger partial charge < -0.3 is 15.0 Å². The molecule has 2 N–H and O–H groups in total. The van der Waals surface area contributed by atoms with Gasteiger partial charge >= 0.3 is 0 Å². The van der Waals surface area contributed by atoms with Crippen molar-refractivity contribution in [2.75, 3.05) is 6.54 Å². The number of aryl methyl sites for hydroxylation is 1. The smallest absolute Gasteiger partial charge is 0.251 e. The molecule has 2 heterocycles. The number of hydrogen-bond acceptors (Lipinski definition) is 5. The Balaban J connectivity index is 1.67. The lowest BCUT2D eigenvalue weighted by atomic mass is 10.2. The van der Waals surface area contributed by atoms with E-state index in [2.05, 4.69) is 14.1 Å². The van der Waals surface area contributed by atoms with Gasteiger partial charge in [-0.25, -0.2) is 0 Å². The van der Waals surface area contributed by atoms with Gasteiger partial charge in [0.05, 0.1) is 11.7 Å². The van der Waals surface area contributed by atoms with Crippen molar-refractivity contribution in [3.05, 3.63) is 47.8 Å². The average molecular weight is 302 g/mol. The zero-order valence-electron chi connectivity index (χ0n) is 11.4. The molecule has 0 radical (unpaired) electrons. The maximum atomic E-state index is 12.1. The summed E-state index contributed by atoms with van der Waals surface area (Å²) in [6, 6.07) is 8.84. The first-order valence-corrected chi connectivity index (χ1v) is 7.18. The highest BCUT2D eigenvalue weighted by Crippen LogP contribution is 2.14. The second-order valence-corrected chi connectivity index (χ2v) is 5.27. The van der Waals surface area contributed by atoms with Crippen LogP contribution in [0.5, 0.6) is 0 Å². The molecule has 7 heteroatoms. The van der Waals surface area contributed by atoms with Crippen LogP contribution in [-0.2, 0) is 7.05 Å². The lowest BCUT2D eigenvalue weighted by molar-refractivity contribution is 0.0912. The van der Waals surface area contributed by atoms with Crippen LogP contribution in [0, 0.1) is 0 Å². The van der Waals surface area contributed by atoms with Crippen molar-refractivity contribution >= 4 is 28.7 Å². The largest absolute Gasteiger partial charge is 0.385 e. The van der Waals surface area contributed by atoms with E-state index in [9.17, 15) is 9.90 Å². The van der Waals surface area contributed by atoms with Gasteiger partial charge in [-0.2, -0.15) is 8.75 Å². The Labute approximate surface area is 125 Å². The number of hydrogen-bond donors (Lipinski definition) is 2. The van der Waals surface area contributed by atoms with Crippen molar-refractivity contribution in [2.24, 2.45) is 7.05 Å². The van der Waals surface area contributed by atoms with Gasteiger partial charge in [0.2, 0.25) is 0 Å². The molecule has 2 aromatic heterocycles. The number of aromatic nitrogens is 3. The quantitative estimate of drug-likeness (QED) is 0.765. The van der Waals surface area contributed by atoms with Crippen molar-refractivity contribution in [3.8, 4) is 0 Å². The third-order valence-corrected chi connectivity index (χ3v) is 3.85. The summed E-state index contributed by atoms with van der Waals surface area (Å²) in [6.07, 6.45) is 1.11. The second kappa shape index (κ2) is 5.63. The predicted octanol–water partition coefficient (Wildman–Crippen LogP) is 1.49. The molecule has 0 aliphatic heterocycles. The number of carbonyl (C=O) groups is 1. The zero-order chi connectivity index (χ0) is 14.8. The third-order valence-electron chi connectivity index (χ3n) is 3.30. The van der Waals surface area contributed by atoms with E-state index in [1.54, 1.807) is 18.2 Å². The first kappa shape index (κ1) is 13.7. The van der Waals surface area contributed by atoms with Gasteiger partial charge in [0.15, 0.2) is 0 Å². The van der Waals surface area contributed by atoms with Crippen LogP contribution in [0.4, 0.5) is 0 Å². The minimum absolute atomic E-state index is 0.157. The predicted molar refractivity (Wildman–Crippen MR) is 80.1 cm³/mol. The molecule has 0 fully saturated rings. The normalized spacial score (nSPS) is 12.5. The lowest BCUT2D eigenvalue weighted by Crippen LogP contribution is -2.29. The number of nitrogens with zero attached hydrogens (tertiary/aromatic N) is 3. The van der Waals surface area contributed by atoms with Crippen LogP contribution in [-0.4, -0.2) is 30.9 Å². The summed E-state index contributed by atoms with van der Waals surface area (Å²) < 4.78 is 10.0. The van der Waals surface area contributed by atoms with Crippen molar-refractivity contribution in [2.45, 2.75) is 6.10 Å². The molecule has 3 rings (SSSR count). The number of carbonyl (C=O) groups excluding carboxylic acids is 1. The molecule has 0 bridgehead atoms. The van der Waals surface area contributed by atoms with Crippen LogP contribution in [0.3, 0.4) is 0 Å². The molecule has 0 aliphatic carbocycles. The first-order chi connectivity index (χ1) is 10.1. The van der Waals surface area contributed by atoms with Crippen molar-refractivity contribution in [1.82, 2.24) is 18.6 Å². The number of aliphatic hydroxyl groups is 1. The molecule has 6 nitrogen and oxygen atoms in total. The molecule has 1 atom stereocenters. The van der Waals surface area contributed by atoms with Crippen molar-refractivity contribution < 1.29 is 9.90 Å². The molecule has 0 spiro atoms. The van der Waals surface area contributed by atoms with Crippen molar-refractivity contribution in [3.63, 3.8) is 0 Å². The SMILES string of the molecule is Cn1cccc1[C@H](O)CNC(=O)c1ccc2nsnc2c1. The molecule has 0 saturated carbocycles. The van der Waals surface area contributed by atoms with Crippen LogP contribution in [0.15, 0.2) is 36.5 Å². The fourth-order valence-corrected chi connectivity index (χ4v) is 2.66. The molecule has 108 valence electrons. The highest BCUT2D eigenvalue weighted by Gasteiger charge is 2.13. The summed E-state index contributed by atoms with van der Waals surface area (Å²) in [5.41, 5.74) is 2.75. The summed E-state index contributed by atoms with van der Waals surface area (Å²) in [5.74, 6) is -0.238. The monoisotopic (exact) mass is 302 g/mol. The Bertz CT molecular complexity index is 780. The molecule has 3 aromatic rings. The number of aliphatic hydroxyl groups excluding tert-OH is 1. The fraction of sp³-hybridized carbons (Fsp3) is 0.214. The highest BCUT2D eigenvalue weighted by atomic mass is 32.1. The van der Waals surface area contributed by atoms with Crippen LogP contribution in [0.1, 0.15) is 22.2 Å². The number of amides is 1. The number of rotatable bonds is 4. The summed E-state index contributed by atoms with van der Waals surface area (Å²) in [5, 5.41) is 12.8. The van der Waals surface area contributed by atoms with Crippen LogP contribution in [0.25, 0.3) is 11.0 Å². The van der Waals surface area contributed by atoms with Crippen LogP contribution >= 0.6 is 11.7 Å². The van der Waals surface area contributed by atoms with Gasteiger partial charge in [-0.3, -0.25) is 4.79 Å². The third kappa shape index (κ3) is 2.79. The van der Waals surface area contributed by atoms with Gasteiger partial charge in [-0.15, -0.1) is 0 Å². The summed E-state index contributed by atoms with van der Waals surface area (Å²) in [7, 11) is 1.85. The average Bonchev–Trinajstić information content (AvgIpc) is 3.11. The number of nitrogens with one attached hydrogen (secondary N) is 1. The molecular formula is C14H14N4O2S. The van der Waals surface area contributed by atoms with Gasteiger partial charge in [0.25, 0.3) is 5.91 Å². The van der Waals surface area contributed by atoms with Gasteiger partial charge in [0, 0.05) is 31.0 Å². The molecule has 0 unspecified atom stereocenters. The van der Waals surface area contributed by atoms with E-state index in [4.69, 9.17) is 0 Å².